The second-order valence-corrected chi connectivity index (χ2v) is 5.89. The molecule has 2 aliphatic rings. The third-order valence-corrected chi connectivity index (χ3v) is 4.62. The van der Waals surface area contributed by atoms with Crippen molar-refractivity contribution < 1.29 is 9.18 Å². The number of fused-ring (bicyclic) bond motifs is 1. The molecule has 3 atom stereocenters. The number of halogens is 1. The fourth-order valence-electron chi connectivity index (χ4n) is 3.69. The summed E-state index contributed by atoms with van der Waals surface area (Å²) in [7, 11) is 1.68. The predicted octanol–water partition coefficient (Wildman–Crippen LogP) is 2.79. The van der Waals surface area contributed by atoms with Crippen molar-refractivity contribution in [1.82, 2.24) is 10.3 Å². The molecule has 0 aromatic carbocycles. The molecule has 2 unspecified atom stereocenters. The van der Waals surface area contributed by atoms with Gasteiger partial charge in [-0.25, -0.2) is 4.39 Å². The van der Waals surface area contributed by atoms with E-state index in [2.05, 4.69) is 16.4 Å². The van der Waals surface area contributed by atoms with E-state index in [9.17, 15) is 9.18 Å². The Labute approximate surface area is 118 Å². The lowest BCUT2D eigenvalue weighted by Crippen LogP contribution is -2.20. The van der Waals surface area contributed by atoms with Gasteiger partial charge in [-0.15, -0.1) is 0 Å². The Bertz CT molecular complexity index is 555. The van der Waals surface area contributed by atoms with Crippen LogP contribution in [0.4, 0.5) is 4.39 Å². The molecule has 0 saturated heterocycles. The van der Waals surface area contributed by atoms with E-state index < -0.39 is 0 Å². The molecule has 3 rings (SSSR count). The largest absolute Gasteiger partial charge is 0.359 e. The number of hydrogen-bond acceptors (Lipinski definition) is 2. The van der Waals surface area contributed by atoms with Crippen LogP contribution >= 0.6 is 0 Å². The molecule has 1 heterocycles. The lowest BCUT2D eigenvalue weighted by atomic mass is 9.96. The first kappa shape index (κ1) is 13.3. The smallest absolute Gasteiger partial charge is 0.220 e. The molecule has 1 fully saturated rings. The van der Waals surface area contributed by atoms with Gasteiger partial charge in [-0.2, -0.15) is 0 Å². The molecule has 0 radical (unpaired) electrons. The van der Waals surface area contributed by atoms with Crippen LogP contribution < -0.4 is 5.32 Å². The zero-order valence-electron chi connectivity index (χ0n) is 11.6. The molecule has 1 saturated carbocycles. The van der Waals surface area contributed by atoms with Crippen LogP contribution in [0.15, 0.2) is 24.5 Å². The van der Waals surface area contributed by atoms with E-state index in [4.69, 9.17) is 0 Å². The van der Waals surface area contributed by atoms with Gasteiger partial charge in [0.2, 0.25) is 5.91 Å². The molecule has 0 bridgehead atoms. The van der Waals surface area contributed by atoms with Gasteiger partial charge in [0.1, 0.15) is 5.82 Å². The summed E-state index contributed by atoms with van der Waals surface area (Å²) in [6.45, 7) is 0. The minimum atomic E-state index is -0.236. The maximum atomic E-state index is 13.8. The Hall–Kier alpha value is -1.71. The van der Waals surface area contributed by atoms with Crippen LogP contribution in [-0.4, -0.2) is 17.9 Å². The predicted molar refractivity (Wildman–Crippen MR) is 75.2 cm³/mol. The van der Waals surface area contributed by atoms with Crippen molar-refractivity contribution in [2.75, 3.05) is 7.05 Å². The highest BCUT2D eigenvalue weighted by molar-refractivity contribution is 5.76. The Kier molecular flexibility index (Phi) is 3.55. The number of amides is 1. The minimum absolute atomic E-state index is 0.124. The molecule has 2 aliphatic carbocycles. The Morgan fingerprint density at radius 3 is 3.05 bits per heavy atom. The topological polar surface area (TPSA) is 42.0 Å². The molecule has 4 heteroatoms. The first-order chi connectivity index (χ1) is 9.67. The monoisotopic (exact) mass is 274 g/mol. The van der Waals surface area contributed by atoms with Crippen molar-refractivity contribution in [3.05, 3.63) is 35.9 Å². The summed E-state index contributed by atoms with van der Waals surface area (Å²) in [6, 6.07) is 1.75. The molecule has 1 amide bonds. The van der Waals surface area contributed by atoms with Gasteiger partial charge in [-0.3, -0.25) is 9.78 Å². The van der Waals surface area contributed by atoms with Gasteiger partial charge in [0.25, 0.3) is 0 Å². The molecular weight excluding hydrogens is 255 g/mol. The fourth-order valence-corrected chi connectivity index (χ4v) is 3.69. The van der Waals surface area contributed by atoms with Crippen molar-refractivity contribution >= 4 is 11.5 Å². The van der Waals surface area contributed by atoms with Gasteiger partial charge < -0.3 is 5.32 Å². The first-order valence-corrected chi connectivity index (χ1v) is 7.18. The summed E-state index contributed by atoms with van der Waals surface area (Å²) < 4.78 is 13.8. The highest BCUT2D eigenvalue weighted by atomic mass is 19.1. The molecule has 1 aromatic heterocycles. The van der Waals surface area contributed by atoms with E-state index in [0.717, 1.165) is 24.8 Å². The van der Waals surface area contributed by atoms with E-state index in [1.54, 1.807) is 19.3 Å². The number of nitrogens with zero attached hydrogens (tertiary/aromatic N) is 1. The summed E-state index contributed by atoms with van der Waals surface area (Å²) in [4.78, 5) is 15.2. The molecular formula is C16H19FN2O. The number of rotatable bonds is 3. The SMILES string of the molecule is CNC(=O)C[C@H]1CC2C=C(c3ccncc3F)CC2C1. The van der Waals surface area contributed by atoms with Crippen LogP contribution in [-0.2, 0) is 4.79 Å². The average Bonchev–Trinajstić information content (AvgIpc) is 2.97. The Balaban J connectivity index is 1.69. The number of nitrogens with one attached hydrogen (secondary N) is 1. The lowest BCUT2D eigenvalue weighted by Gasteiger charge is -2.11. The number of carbonyl (C=O) groups is 1. The maximum absolute atomic E-state index is 13.8. The summed E-state index contributed by atoms with van der Waals surface area (Å²) in [5.74, 6) is 1.45. The van der Waals surface area contributed by atoms with E-state index in [-0.39, 0.29) is 11.7 Å². The highest BCUT2D eigenvalue weighted by Crippen LogP contribution is 2.49. The molecule has 20 heavy (non-hydrogen) atoms. The quantitative estimate of drug-likeness (QED) is 0.921. The van der Waals surface area contributed by atoms with Gasteiger partial charge in [0.15, 0.2) is 0 Å². The van der Waals surface area contributed by atoms with E-state index in [1.807, 2.05) is 0 Å². The zero-order chi connectivity index (χ0) is 14.1. The highest BCUT2D eigenvalue weighted by Gasteiger charge is 2.38. The van der Waals surface area contributed by atoms with E-state index in [1.165, 1.54) is 6.20 Å². The van der Waals surface area contributed by atoms with Crippen molar-refractivity contribution in [3.8, 4) is 0 Å². The second-order valence-electron chi connectivity index (χ2n) is 5.89. The van der Waals surface area contributed by atoms with Crippen LogP contribution in [0.1, 0.15) is 31.2 Å². The van der Waals surface area contributed by atoms with E-state index >= 15 is 0 Å². The Morgan fingerprint density at radius 2 is 2.35 bits per heavy atom. The Morgan fingerprint density at radius 1 is 1.50 bits per heavy atom. The number of pyridine rings is 1. The molecule has 1 N–H and O–H groups in total. The first-order valence-electron chi connectivity index (χ1n) is 7.18. The van der Waals surface area contributed by atoms with Gasteiger partial charge >= 0.3 is 0 Å². The van der Waals surface area contributed by atoms with Crippen LogP contribution in [0.3, 0.4) is 0 Å². The number of allylic oxidation sites excluding steroid dienone is 2. The molecule has 3 nitrogen and oxygen atoms in total. The van der Waals surface area contributed by atoms with Gasteiger partial charge in [0, 0.05) is 25.2 Å². The van der Waals surface area contributed by atoms with E-state index in [0.29, 0.717) is 29.7 Å². The number of carbonyl (C=O) groups excluding carboxylic acids is 1. The summed E-state index contributed by atoms with van der Waals surface area (Å²) in [5, 5.41) is 2.69. The second kappa shape index (κ2) is 5.35. The summed E-state index contributed by atoms with van der Waals surface area (Å²) in [6.07, 6.45) is 8.80. The van der Waals surface area contributed by atoms with Gasteiger partial charge in [-0.1, -0.05) is 6.08 Å². The molecule has 1 aromatic rings. The van der Waals surface area contributed by atoms with Gasteiger partial charge in [-0.05, 0) is 48.7 Å². The molecule has 0 aliphatic heterocycles. The van der Waals surface area contributed by atoms with Crippen LogP contribution in [0, 0.1) is 23.6 Å². The van der Waals surface area contributed by atoms with Crippen LogP contribution in [0.5, 0.6) is 0 Å². The van der Waals surface area contributed by atoms with Crippen molar-refractivity contribution in [3.63, 3.8) is 0 Å². The molecule has 0 spiro atoms. The number of aromatic nitrogens is 1. The number of hydrogen-bond donors (Lipinski definition) is 1. The third-order valence-electron chi connectivity index (χ3n) is 4.62. The van der Waals surface area contributed by atoms with Crippen LogP contribution in [0.2, 0.25) is 0 Å². The zero-order valence-corrected chi connectivity index (χ0v) is 11.6. The summed E-state index contributed by atoms with van der Waals surface area (Å²) >= 11 is 0. The summed E-state index contributed by atoms with van der Waals surface area (Å²) in [5.41, 5.74) is 1.80. The maximum Gasteiger partial charge on any atom is 0.220 e. The minimum Gasteiger partial charge on any atom is -0.359 e. The van der Waals surface area contributed by atoms with Crippen molar-refractivity contribution in [2.45, 2.75) is 25.7 Å². The lowest BCUT2D eigenvalue weighted by molar-refractivity contribution is -0.121. The van der Waals surface area contributed by atoms with Crippen molar-refractivity contribution in [1.29, 1.82) is 0 Å². The normalized spacial score (nSPS) is 28.1. The fraction of sp³-hybridized carbons (Fsp3) is 0.500. The third kappa shape index (κ3) is 2.47. The van der Waals surface area contributed by atoms with Gasteiger partial charge in [0.05, 0.1) is 6.20 Å². The average molecular weight is 274 g/mol. The standard InChI is InChI=1S/C16H19FN2O/c1-18-16(20)6-10-4-11-7-13(8-12(11)5-10)14-2-3-19-9-15(14)17/h2-3,7,9-12H,4-6,8H2,1H3,(H,18,20)/t10-,11?,12?/m0/s1. The van der Waals surface area contributed by atoms with Crippen LogP contribution in [0.25, 0.3) is 5.57 Å². The molecule has 106 valence electrons. The van der Waals surface area contributed by atoms with Crippen molar-refractivity contribution in [2.24, 2.45) is 17.8 Å².